The van der Waals surface area contributed by atoms with E-state index in [0.717, 1.165) is 45.7 Å². The van der Waals surface area contributed by atoms with Gasteiger partial charge in [-0.2, -0.15) is 0 Å². The van der Waals surface area contributed by atoms with Gasteiger partial charge in [0.1, 0.15) is 0 Å². The standard InChI is InChI=1S/C12H23N3O.2ClH/c1-2-14-7-9-15(10-8-14)12(16)11-5-3-4-6-13-11;;/h11,13H,2-10H2,1H3;2*1H. The Bertz CT molecular complexity index is 239. The summed E-state index contributed by atoms with van der Waals surface area (Å²) in [6.45, 7) is 8.18. The summed E-state index contributed by atoms with van der Waals surface area (Å²) in [5, 5.41) is 3.34. The lowest BCUT2D eigenvalue weighted by Gasteiger charge is -2.36. The topological polar surface area (TPSA) is 35.6 Å². The molecule has 0 spiro atoms. The zero-order valence-corrected chi connectivity index (χ0v) is 12.7. The lowest BCUT2D eigenvalue weighted by atomic mass is 10.0. The smallest absolute Gasteiger partial charge is 0.239 e. The summed E-state index contributed by atoms with van der Waals surface area (Å²) < 4.78 is 0. The van der Waals surface area contributed by atoms with Gasteiger partial charge in [-0.3, -0.25) is 4.79 Å². The molecule has 0 aromatic rings. The first-order valence-corrected chi connectivity index (χ1v) is 6.56. The molecule has 1 amide bonds. The number of hydrogen-bond donors (Lipinski definition) is 1. The summed E-state index contributed by atoms with van der Waals surface area (Å²) in [5.41, 5.74) is 0. The first-order valence-electron chi connectivity index (χ1n) is 6.56. The number of likely N-dealkylation sites (N-methyl/N-ethyl adjacent to an activating group) is 1. The molecule has 6 heteroatoms. The lowest BCUT2D eigenvalue weighted by molar-refractivity contribution is -0.135. The number of piperazine rings is 1. The Morgan fingerprint density at radius 1 is 1.17 bits per heavy atom. The van der Waals surface area contributed by atoms with Crippen molar-refractivity contribution < 1.29 is 4.79 Å². The van der Waals surface area contributed by atoms with Gasteiger partial charge < -0.3 is 15.1 Å². The van der Waals surface area contributed by atoms with E-state index >= 15 is 0 Å². The van der Waals surface area contributed by atoms with Crippen LogP contribution in [0.15, 0.2) is 0 Å². The molecule has 2 aliphatic rings. The molecule has 2 rings (SSSR count). The summed E-state index contributed by atoms with van der Waals surface area (Å²) in [6, 6.07) is 0.0990. The zero-order valence-electron chi connectivity index (χ0n) is 11.1. The Balaban J connectivity index is 0.00000144. The predicted molar refractivity (Wildman–Crippen MR) is 78.8 cm³/mol. The second-order valence-corrected chi connectivity index (χ2v) is 4.76. The molecule has 108 valence electrons. The number of nitrogens with one attached hydrogen (secondary N) is 1. The summed E-state index contributed by atoms with van der Waals surface area (Å²) in [4.78, 5) is 16.6. The summed E-state index contributed by atoms with van der Waals surface area (Å²) in [7, 11) is 0. The van der Waals surface area contributed by atoms with Crippen LogP contribution in [-0.2, 0) is 4.79 Å². The predicted octanol–water partition coefficient (Wildman–Crippen LogP) is 1.14. The number of nitrogens with zero attached hydrogens (tertiary/aromatic N) is 2. The van der Waals surface area contributed by atoms with Crippen molar-refractivity contribution >= 4 is 30.7 Å². The molecule has 1 N–H and O–H groups in total. The van der Waals surface area contributed by atoms with Crippen molar-refractivity contribution in [1.29, 1.82) is 0 Å². The van der Waals surface area contributed by atoms with Crippen LogP contribution in [0.3, 0.4) is 0 Å². The Hall–Kier alpha value is -0.0300. The minimum Gasteiger partial charge on any atom is -0.339 e. The van der Waals surface area contributed by atoms with E-state index in [-0.39, 0.29) is 30.9 Å². The fraction of sp³-hybridized carbons (Fsp3) is 0.917. The first kappa shape index (κ1) is 18.0. The molecule has 2 aliphatic heterocycles. The minimum absolute atomic E-state index is 0. The Morgan fingerprint density at radius 3 is 2.33 bits per heavy atom. The largest absolute Gasteiger partial charge is 0.339 e. The van der Waals surface area contributed by atoms with E-state index in [1.54, 1.807) is 0 Å². The van der Waals surface area contributed by atoms with Crippen molar-refractivity contribution in [3.05, 3.63) is 0 Å². The average Bonchev–Trinajstić information content (AvgIpc) is 2.39. The van der Waals surface area contributed by atoms with Gasteiger partial charge in [-0.1, -0.05) is 13.3 Å². The molecule has 1 atom stereocenters. The maximum Gasteiger partial charge on any atom is 0.239 e. The molecule has 18 heavy (non-hydrogen) atoms. The van der Waals surface area contributed by atoms with Crippen LogP contribution in [0.4, 0.5) is 0 Å². The fourth-order valence-electron chi connectivity index (χ4n) is 2.57. The molecule has 0 saturated carbocycles. The highest BCUT2D eigenvalue weighted by atomic mass is 35.5. The molecular formula is C12H25Cl2N3O. The van der Waals surface area contributed by atoms with E-state index in [9.17, 15) is 4.79 Å². The van der Waals surface area contributed by atoms with Crippen LogP contribution in [-0.4, -0.2) is 61.0 Å². The third kappa shape index (κ3) is 4.57. The lowest BCUT2D eigenvalue weighted by Crippen LogP contribution is -2.54. The maximum absolute atomic E-state index is 12.2. The van der Waals surface area contributed by atoms with Crippen molar-refractivity contribution in [3.8, 4) is 0 Å². The number of halogens is 2. The van der Waals surface area contributed by atoms with E-state index in [1.165, 1.54) is 12.8 Å². The summed E-state index contributed by atoms with van der Waals surface area (Å²) in [5.74, 6) is 0.329. The van der Waals surface area contributed by atoms with Gasteiger partial charge in [-0.05, 0) is 25.9 Å². The molecule has 2 fully saturated rings. The highest BCUT2D eigenvalue weighted by Crippen LogP contribution is 2.11. The van der Waals surface area contributed by atoms with Crippen LogP contribution >= 0.6 is 24.8 Å². The van der Waals surface area contributed by atoms with Gasteiger partial charge in [0, 0.05) is 26.2 Å². The number of carbonyl (C=O) groups excluding carboxylic acids is 1. The first-order chi connectivity index (χ1) is 7.81. The molecule has 2 saturated heterocycles. The minimum atomic E-state index is 0. The molecule has 0 radical (unpaired) electrons. The normalized spacial score (nSPS) is 24.9. The molecule has 2 heterocycles. The van der Waals surface area contributed by atoms with Crippen LogP contribution in [0, 0.1) is 0 Å². The van der Waals surface area contributed by atoms with Crippen molar-refractivity contribution in [2.75, 3.05) is 39.3 Å². The highest BCUT2D eigenvalue weighted by molar-refractivity contribution is 5.85. The van der Waals surface area contributed by atoms with Gasteiger partial charge in [0.25, 0.3) is 0 Å². The van der Waals surface area contributed by atoms with Crippen molar-refractivity contribution in [2.24, 2.45) is 0 Å². The molecule has 0 aromatic heterocycles. The third-order valence-corrected chi connectivity index (χ3v) is 3.74. The van der Waals surface area contributed by atoms with Gasteiger partial charge in [0.2, 0.25) is 5.91 Å². The van der Waals surface area contributed by atoms with Gasteiger partial charge in [-0.25, -0.2) is 0 Å². The molecule has 1 unspecified atom stereocenters. The van der Waals surface area contributed by atoms with Crippen LogP contribution < -0.4 is 5.32 Å². The third-order valence-electron chi connectivity index (χ3n) is 3.74. The summed E-state index contributed by atoms with van der Waals surface area (Å²) >= 11 is 0. The van der Waals surface area contributed by atoms with Gasteiger partial charge in [0.15, 0.2) is 0 Å². The van der Waals surface area contributed by atoms with E-state index in [0.29, 0.717) is 5.91 Å². The van der Waals surface area contributed by atoms with E-state index in [2.05, 4.69) is 17.1 Å². The number of rotatable bonds is 2. The average molecular weight is 298 g/mol. The SMILES string of the molecule is CCN1CCN(C(=O)C2CCCCN2)CC1.Cl.Cl. The van der Waals surface area contributed by atoms with Crippen LogP contribution in [0.2, 0.25) is 0 Å². The van der Waals surface area contributed by atoms with E-state index in [1.807, 2.05) is 4.90 Å². The second-order valence-electron chi connectivity index (χ2n) is 4.76. The van der Waals surface area contributed by atoms with E-state index in [4.69, 9.17) is 0 Å². The molecule has 0 bridgehead atoms. The monoisotopic (exact) mass is 297 g/mol. The summed E-state index contributed by atoms with van der Waals surface area (Å²) in [6.07, 6.45) is 3.43. The van der Waals surface area contributed by atoms with Gasteiger partial charge >= 0.3 is 0 Å². The van der Waals surface area contributed by atoms with Gasteiger partial charge in [0.05, 0.1) is 6.04 Å². The van der Waals surface area contributed by atoms with Crippen molar-refractivity contribution in [2.45, 2.75) is 32.2 Å². The quantitative estimate of drug-likeness (QED) is 0.830. The van der Waals surface area contributed by atoms with Crippen molar-refractivity contribution in [1.82, 2.24) is 15.1 Å². The molecule has 0 aromatic carbocycles. The molecular weight excluding hydrogens is 273 g/mol. The number of hydrogen-bond acceptors (Lipinski definition) is 3. The van der Waals surface area contributed by atoms with Crippen molar-refractivity contribution in [3.63, 3.8) is 0 Å². The van der Waals surface area contributed by atoms with Crippen LogP contribution in [0.5, 0.6) is 0 Å². The maximum atomic E-state index is 12.2. The number of piperidine rings is 1. The number of carbonyl (C=O) groups is 1. The Kier molecular flexibility index (Phi) is 8.95. The molecule has 0 aliphatic carbocycles. The fourth-order valence-corrected chi connectivity index (χ4v) is 2.57. The van der Waals surface area contributed by atoms with Gasteiger partial charge in [-0.15, -0.1) is 24.8 Å². The number of amides is 1. The Morgan fingerprint density at radius 2 is 1.83 bits per heavy atom. The van der Waals surface area contributed by atoms with Crippen LogP contribution in [0.25, 0.3) is 0 Å². The zero-order chi connectivity index (χ0) is 11.4. The van der Waals surface area contributed by atoms with Crippen LogP contribution in [0.1, 0.15) is 26.2 Å². The molecule has 4 nitrogen and oxygen atoms in total. The van der Waals surface area contributed by atoms with E-state index < -0.39 is 0 Å². The second kappa shape index (κ2) is 8.97. The highest BCUT2D eigenvalue weighted by Gasteiger charge is 2.27. The Labute approximate surface area is 122 Å².